The molecule has 1 atom stereocenters. The minimum atomic E-state index is -0.417. The highest BCUT2D eigenvalue weighted by molar-refractivity contribution is 5.96. The lowest BCUT2D eigenvalue weighted by molar-refractivity contribution is -0.124. The molecule has 0 saturated carbocycles. The van der Waals surface area contributed by atoms with Crippen LogP contribution in [0.4, 0.5) is 5.69 Å². The maximum atomic E-state index is 12.7. The molecule has 118 valence electrons. The number of carbonyl (C=O) groups excluding carboxylic acids is 2. The number of amides is 2. The van der Waals surface area contributed by atoms with Gasteiger partial charge in [0.2, 0.25) is 11.8 Å². The average molecular weight is 302 g/mol. The van der Waals surface area contributed by atoms with Gasteiger partial charge in [-0.25, -0.2) is 0 Å². The Morgan fingerprint density at radius 1 is 1.41 bits per heavy atom. The van der Waals surface area contributed by atoms with Crippen molar-refractivity contribution < 1.29 is 14.3 Å². The zero-order valence-corrected chi connectivity index (χ0v) is 13.1. The Hall–Kier alpha value is -2.04. The second-order valence-corrected chi connectivity index (χ2v) is 6.67. The Morgan fingerprint density at radius 3 is 2.95 bits per heavy atom. The van der Waals surface area contributed by atoms with Gasteiger partial charge in [-0.1, -0.05) is 12.1 Å². The van der Waals surface area contributed by atoms with Gasteiger partial charge in [-0.15, -0.1) is 0 Å². The zero-order valence-electron chi connectivity index (χ0n) is 13.1. The number of ether oxygens (including phenoxy) is 1. The standard InChI is InChI=1S/C17H22N2O3/c1-17(2)11-19(13-7-3-4-8-14(13)22-17)16(21)10-12-6-5-9-15(20)18-12/h3-4,7-8,12H,5-6,9-11H2,1-2H3,(H,18,20). The molecule has 2 heterocycles. The molecule has 0 radical (unpaired) electrons. The Bertz CT molecular complexity index is 597. The quantitative estimate of drug-likeness (QED) is 0.911. The zero-order chi connectivity index (χ0) is 15.7. The van der Waals surface area contributed by atoms with Crippen molar-refractivity contribution in [3.05, 3.63) is 24.3 Å². The van der Waals surface area contributed by atoms with E-state index < -0.39 is 5.60 Å². The minimum Gasteiger partial charge on any atom is -0.484 e. The SMILES string of the molecule is CC1(C)CN(C(=O)CC2CCCC(=O)N2)c2ccccc2O1. The molecule has 2 aliphatic rings. The summed E-state index contributed by atoms with van der Waals surface area (Å²) in [7, 11) is 0. The van der Waals surface area contributed by atoms with Gasteiger partial charge < -0.3 is 15.0 Å². The molecule has 1 aromatic carbocycles. The van der Waals surface area contributed by atoms with Crippen LogP contribution in [-0.2, 0) is 9.59 Å². The summed E-state index contributed by atoms with van der Waals surface area (Å²) in [6.45, 7) is 4.47. The van der Waals surface area contributed by atoms with E-state index in [1.165, 1.54) is 0 Å². The number of piperidine rings is 1. The summed E-state index contributed by atoms with van der Waals surface area (Å²) < 4.78 is 5.94. The van der Waals surface area contributed by atoms with E-state index in [0.717, 1.165) is 24.3 Å². The first kappa shape index (κ1) is 14.9. The van der Waals surface area contributed by atoms with Crippen LogP contribution in [0.1, 0.15) is 39.5 Å². The number of anilines is 1. The van der Waals surface area contributed by atoms with Crippen LogP contribution in [0.2, 0.25) is 0 Å². The molecule has 0 bridgehead atoms. The third-order valence-electron chi connectivity index (χ3n) is 4.12. The molecule has 1 fully saturated rings. The average Bonchev–Trinajstić information content (AvgIpc) is 2.45. The maximum Gasteiger partial charge on any atom is 0.229 e. The van der Waals surface area contributed by atoms with Crippen LogP contribution >= 0.6 is 0 Å². The Morgan fingerprint density at radius 2 is 2.18 bits per heavy atom. The van der Waals surface area contributed by atoms with Gasteiger partial charge in [0.25, 0.3) is 0 Å². The molecule has 1 saturated heterocycles. The summed E-state index contributed by atoms with van der Waals surface area (Å²) in [5, 5.41) is 2.91. The Balaban J connectivity index is 1.78. The Labute approximate surface area is 130 Å². The molecular formula is C17H22N2O3. The van der Waals surface area contributed by atoms with Gasteiger partial charge in [0.05, 0.1) is 12.2 Å². The van der Waals surface area contributed by atoms with E-state index in [2.05, 4.69) is 5.32 Å². The molecule has 22 heavy (non-hydrogen) atoms. The van der Waals surface area contributed by atoms with Crippen LogP contribution in [0.25, 0.3) is 0 Å². The van der Waals surface area contributed by atoms with Gasteiger partial charge in [-0.3, -0.25) is 9.59 Å². The predicted octanol–water partition coefficient (Wildman–Crippen LogP) is 2.25. The normalized spacial score (nSPS) is 23.3. The van der Waals surface area contributed by atoms with E-state index in [1.54, 1.807) is 4.90 Å². The molecule has 0 aliphatic carbocycles. The van der Waals surface area contributed by atoms with E-state index in [-0.39, 0.29) is 17.9 Å². The molecule has 2 aliphatic heterocycles. The van der Waals surface area contributed by atoms with Gasteiger partial charge >= 0.3 is 0 Å². The number of nitrogens with zero attached hydrogens (tertiary/aromatic N) is 1. The molecular weight excluding hydrogens is 280 g/mol. The summed E-state index contributed by atoms with van der Waals surface area (Å²) in [5.41, 5.74) is 0.397. The van der Waals surface area contributed by atoms with E-state index in [9.17, 15) is 9.59 Å². The van der Waals surface area contributed by atoms with Crippen LogP contribution < -0.4 is 15.0 Å². The third kappa shape index (κ3) is 3.08. The van der Waals surface area contributed by atoms with Gasteiger partial charge in [0.15, 0.2) is 0 Å². The van der Waals surface area contributed by atoms with E-state index >= 15 is 0 Å². The van der Waals surface area contributed by atoms with Crippen LogP contribution in [0.5, 0.6) is 5.75 Å². The minimum absolute atomic E-state index is 0.0380. The predicted molar refractivity (Wildman–Crippen MR) is 83.9 cm³/mol. The lowest BCUT2D eigenvalue weighted by atomic mass is 9.99. The molecule has 5 heteroatoms. The van der Waals surface area contributed by atoms with Crippen molar-refractivity contribution in [3.63, 3.8) is 0 Å². The van der Waals surface area contributed by atoms with Gasteiger partial charge in [0, 0.05) is 18.9 Å². The van der Waals surface area contributed by atoms with Crippen molar-refractivity contribution in [1.82, 2.24) is 5.32 Å². The largest absolute Gasteiger partial charge is 0.484 e. The molecule has 3 rings (SSSR count). The molecule has 0 aromatic heterocycles. The van der Waals surface area contributed by atoms with Crippen LogP contribution in [0, 0.1) is 0 Å². The number of hydrogen-bond acceptors (Lipinski definition) is 3. The first-order valence-corrected chi connectivity index (χ1v) is 7.82. The molecule has 5 nitrogen and oxygen atoms in total. The van der Waals surface area contributed by atoms with Gasteiger partial charge in [-0.2, -0.15) is 0 Å². The summed E-state index contributed by atoms with van der Waals surface area (Å²) in [4.78, 5) is 26.0. The maximum absolute atomic E-state index is 12.7. The summed E-state index contributed by atoms with van der Waals surface area (Å²) in [6, 6.07) is 7.56. The lowest BCUT2D eigenvalue weighted by Crippen LogP contribution is -2.51. The molecule has 1 aromatic rings. The number of fused-ring (bicyclic) bond motifs is 1. The molecule has 2 amide bonds. The van der Waals surface area contributed by atoms with E-state index in [1.807, 2.05) is 38.1 Å². The van der Waals surface area contributed by atoms with Crippen LogP contribution in [-0.4, -0.2) is 30.0 Å². The molecule has 1 unspecified atom stereocenters. The molecule has 1 N–H and O–H groups in total. The number of carbonyl (C=O) groups is 2. The lowest BCUT2D eigenvalue weighted by Gasteiger charge is -2.40. The van der Waals surface area contributed by atoms with Gasteiger partial charge in [0.1, 0.15) is 11.4 Å². The van der Waals surface area contributed by atoms with Crippen molar-refractivity contribution in [1.29, 1.82) is 0 Å². The monoisotopic (exact) mass is 302 g/mol. The summed E-state index contributed by atoms with van der Waals surface area (Å²) in [5.74, 6) is 0.822. The van der Waals surface area contributed by atoms with Crippen molar-refractivity contribution in [2.45, 2.75) is 51.2 Å². The summed E-state index contributed by atoms with van der Waals surface area (Å²) >= 11 is 0. The van der Waals surface area contributed by atoms with Crippen molar-refractivity contribution in [3.8, 4) is 5.75 Å². The summed E-state index contributed by atoms with van der Waals surface area (Å²) in [6.07, 6.45) is 2.64. The molecule has 0 spiro atoms. The fourth-order valence-corrected chi connectivity index (χ4v) is 3.14. The first-order valence-electron chi connectivity index (χ1n) is 7.82. The second kappa shape index (κ2) is 5.63. The second-order valence-electron chi connectivity index (χ2n) is 6.67. The Kier molecular flexibility index (Phi) is 3.81. The highest BCUT2D eigenvalue weighted by Gasteiger charge is 2.35. The number of rotatable bonds is 2. The van der Waals surface area contributed by atoms with Gasteiger partial charge in [-0.05, 0) is 38.8 Å². The van der Waals surface area contributed by atoms with E-state index in [4.69, 9.17) is 4.74 Å². The van der Waals surface area contributed by atoms with Crippen LogP contribution in [0.3, 0.4) is 0 Å². The highest BCUT2D eigenvalue weighted by atomic mass is 16.5. The number of nitrogens with one attached hydrogen (secondary N) is 1. The van der Waals surface area contributed by atoms with Crippen molar-refractivity contribution >= 4 is 17.5 Å². The number of para-hydroxylation sites is 2. The number of hydrogen-bond donors (Lipinski definition) is 1. The topological polar surface area (TPSA) is 58.6 Å². The fraction of sp³-hybridized carbons (Fsp3) is 0.529. The van der Waals surface area contributed by atoms with Crippen LogP contribution in [0.15, 0.2) is 24.3 Å². The fourth-order valence-electron chi connectivity index (χ4n) is 3.14. The smallest absolute Gasteiger partial charge is 0.229 e. The van der Waals surface area contributed by atoms with E-state index in [0.29, 0.717) is 19.4 Å². The highest BCUT2D eigenvalue weighted by Crippen LogP contribution is 2.37. The number of benzene rings is 1. The van der Waals surface area contributed by atoms with Crippen molar-refractivity contribution in [2.24, 2.45) is 0 Å². The first-order chi connectivity index (χ1) is 10.4. The van der Waals surface area contributed by atoms with Crippen molar-refractivity contribution in [2.75, 3.05) is 11.4 Å². The third-order valence-corrected chi connectivity index (χ3v) is 4.12.